The van der Waals surface area contributed by atoms with E-state index in [4.69, 9.17) is 0 Å². The summed E-state index contributed by atoms with van der Waals surface area (Å²) in [7, 11) is 0. The van der Waals surface area contributed by atoms with Crippen LogP contribution < -0.4 is 5.32 Å². The number of amides is 1. The van der Waals surface area contributed by atoms with Crippen LogP contribution in [0.2, 0.25) is 0 Å². The Kier molecular flexibility index (Phi) is 5.10. The molecule has 2 rings (SSSR count). The van der Waals surface area contributed by atoms with Crippen LogP contribution in [0.25, 0.3) is 5.69 Å². The highest BCUT2D eigenvalue weighted by Gasteiger charge is 2.37. The fraction of sp³-hybridized carbons (Fsp3) is 0.267. The van der Waals surface area contributed by atoms with Crippen molar-refractivity contribution in [3.05, 3.63) is 46.0 Å². The second kappa shape index (κ2) is 6.94. The van der Waals surface area contributed by atoms with Crippen LogP contribution in [0.1, 0.15) is 24.7 Å². The van der Waals surface area contributed by atoms with Crippen LogP contribution in [0.4, 0.5) is 24.5 Å². The van der Waals surface area contributed by atoms with E-state index >= 15 is 0 Å². The van der Waals surface area contributed by atoms with Crippen molar-refractivity contribution in [2.45, 2.75) is 26.4 Å². The van der Waals surface area contributed by atoms with E-state index in [1.54, 1.807) is 0 Å². The predicted octanol–water partition coefficient (Wildman–Crippen LogP) is 3.03. The van der Waals surface area contributed by atoms with Gasteiger partial charge in [0, 0.05) is 24.9 Å². The molecule has 11 heteroatoms. The van der Waals surface area contributed by atoms with Crippen molar-refractivity contribution in [2.24, 2.45) is 0 Å². The van der Waals surface area contributed by atoms with Crippen molar-refractivity contribution in [1.82, 2.24) is 9.55 Å². The standard InChI is InChI=1S/C15H13F3N4O4/c1-3-13(23)14(24)20-10-7-11(21-5-4-19-8(21)2)9(15(16,17)18)6-12(10)22(25)26/h4-7H,3H2,1-2H3,(H,20,24). The molecule has 1 aromatic carbocycles. The Morgan fingerprint density at radius 3 is 2.46 bits per heavy atom. The zero-order chi connectivity index (χ0) is 19.6. The van der Waals surface area contributed by atoms with Crippen LogP contribution >= 0.6 is 0 Å². The van der Waals surface area contributed by atoms with Crippen LogP contribution in [-0.2, 0) is 15.8 Å². The van der Waals surface area contributed by atoms with E-state index in [0.29, 0.717) is 6.07 Å². The number of ketones is 1. The SMILES string of the molecule is CCC(=O)C(=O)Nc1cc(-n2ccnc2C)c(C(F)(F)F)cc1[N+](=O)[O-]. The number of benzene rings is 1. The Morgan fingerprint density at radius 1 is 1.35 bits per heavy atom. The topological polar surface area (TPSA) is 107 Å². The number of alkyl halides is 3. The zero-order valence-electron chi connectivity index (χ0n) is 13.6. The Morgan fingerprint density at radius 2 is 2.00 bits per heavy atom. The van der Waals surface area contributed by atoms with Gasteiger partial charge in [0.25, 0.3) is 11.6 Å². The number of Topliss-reactive ketones (excluding diaryl/α,β-unsaturated/α-hetero) is 1. The first-order valence-electron chi connectivity index (χ1n) is 7.30. The summed E-state index contributed by atoms with van der Waals surface area (Å²) in [5, 5.41) is 13.2. The number of nitro benzene ring substituents is 1. The molecule has 1 N–H and O–H groups in total. The molecule has 0 bridgehead atoms. The third-order valence-electron chi connectivity index (χ3n) is 3.52. The molecule has 8 nitrogen and oxygen atoms in total. The van der Waals surface area contributed by atoms with Gasteiger partial charge in [-0.2, -0.15) is 13.2 Å². The molecule has 0 atom stereocenters. The third kappa shape index (κ3) is 3.71. The summed E-state index contributed by atoms with van der Waals surface area (Å²) in [6.45, 7) is 2.85. The summed E-state index contributed by atoms with van der Waals surface area (Å²) in [5.74, 6) is -1.81. The number of nitrogens with one attached hydrogen (secondary N) is 1. The molecule has 138 valence electrons. The number of anilines is 1. The number of aromatic nitrogens is 2. The minimum absolute atomic E-state index is 0.159. The molecule has 0 aliphatic carbocycles. The summed E-state index contributed by atoms with van der Waals surface area (Å²) < 4.78 is 41.3. The van der Waals surface area contributed by atoms with E-state index in [2.05, 4.69) is 4.98 Å². The lowest BCUT2D eigenvalue weighted by Gasteiger charge is -2.16. The molecule has 0 aliphatic rings. The first kappa shape index (κ1) is 19.1. The fourth-order valence-electron chi connectivity index (χ4n) is 2.24. The maximum Gasteiger partial charge on any atom is 0.418 e. The summed E-state index contributed by atoms with van der Waals surface area (Å²) >= 11 is 0. The molecule has 0 radical (unpaired) electrons. The largest absolute Gasteiger partial charge is 0.418 e. The van der Waals surface area contributed by atoms with Gasteiger partial charge in [-0.3, -0.25) is 19.7 Å². The van der Waals surface area contributed by atoms with Gasteiger partial charge in [0.2, 0.25) is 5.78 Å². The van der Waals surface area contributed by atoms with Gasteiger partial charge in [0.15, 0.2) is 0 Å². The third-order valence-corrected chi connectivity index (χ3v) is 3.52. The van der Waals surface area contributed by atoms with Gasteiger partial charge in [0.05, 0.1) is 16.2 Å². The number of carbonyl (C=O) groups is 2. The van der Waals surface area contributed by atoms with Crippen molar-refractivity contribution in [3.63, 3.8) is 0 Å². The average molecular weight is 370 g/mol. The van der Waals surface area contributed by atoms with Crippen LogP contribution in [-0.4, -0.2) is 26.2 Å². The molecule has 2 aromatic rings. The number of carbonyl (C=O) groups excluding carboxylic acids is 2. The molecule has 0 fully saturated rings. The number of imidazole rings is 1. The molecule has 1 aromatic heterocycles. The van der Waals surface area contributed by atoms with Crippen molar-refractivity contribution >= 4 is 23.1 Å². The Labute approximate surface area is 144 Å². The normalized spacial score (nSPS) is 11.3. The molecular formula is C15H13F3N4O4. The molecule has 0 saturated heterocycles. The molecule has 0 aliphatic heterocycles. The molecule has 26 heavy (non-hydrogen) atoms. The lowest BCUT2D eigenvalue weighted by atomic mass is 10.1. The van der Waals surface area contributed by atoms with Crippen molar-refractivity contribution in [3.8, 4) is 5.69 Å². The highest BCUT2D eigenvalue weighted by atomic mass is 19.4. The summed E-state index contributed by atoms with van der Waals surface area (Å²) in [4.78, 5) is 37.1. The maximum absolute atomic E-state index is 13.4. The number of aryl methyl sites for hydroxylation is 1. The number of nitrogens with zero attached hydrogens (tertiary/aromatic N) is 3. The van der Waals surface area contributed by atoms with Gasteiger partial charge in [-0.15, -0.1) is 0 Å². The van der Waals surface area contributed by atoms with Gasteiger partial charge in [-0.1, -0.05) is 6.92 Å². The molecule has 0 spiro atoms. The Bertz CT molecular complexity index is 890. The highest BCUT2D eigenvalue weighted by Crippen LogP contribution is 2.40. The number of nitro groups is 1. The van der Waals surface area contributed by atoms with E-state index in [0.717, 1.165) is 10.6 Å². The van der Waals surface area contributed by atoms with Crippen molar-refractivity contribution < 1.29 is 27.7 Å². The Hall–Kier alpha value is -3.24. The van der Waals surface area contributed by atoms with E-state index < -0.39 is 45.4 Å². The first-order chi connectivity index (χ1) is 12.1. The second-order valence-electron chi connectivity index (χ2n) is 5.22. The number of hydrogen-bond acceptors (Lipinski definition) is 5. The van der Waals surface area contributed by atoms with Gasteiger partial charge < -0.3 is 9.88 Å². The zero-order valence-corrected chi connectivity index (χ0v) is 13.6. The van der Waals surface area contributed by atoms with Gasteiger partial charge in [-0.05, 0) is 13.0 Å². The Balaban J connectivity index is 2.72. The van der Waals surface area contributed by atoms with Gasteiger partial charge in [0.1, 0.15) is 11.5 Å². The summed E-state index contributed by atoms with van der Waals surface area (Å²) in [5.41, 5.74) is -3.23. The predicted molar refractivity (Wildman–Crippen MR) is 83.9 cm³/mol. The average Bonchev–Trinajstić information content (AvgIpc) is 2.98. The number of halogens is 3. The summed E-state index contributed by atoms with van der Waals surface area (Å²) in [6, 6.07) is 1.12. The molecule has 0 saturated carbocycles. The van der Waals surface area contributed by atoms with E-state index in [1.807, 2.05) is 5.32 Å². The van der Waals surface area contributed by atoms with E-state index in [9.17, 15) is 32.9 Å². The number of rotatable bonds is 5. The number of hydrogen-bond donors (Lipinski definition) is 1. The molecule has 1 amide bonds. The van der Waals surface area contributed by atoms with Crippen molar-refractivity contribution in [1.29, 1.82) is 0 Å². The van der Waals surface area contributed by atoms with Crippen LogP contribution in [0.15, 0.2) is 24.5 Å². The van der Waals surface area contributed by atoms with Crippen molar-refractivity contribution in [2.75, 3.05) is 5.32 Å². The van der Waals surface area contributed by atoms with Gasteiger partial charge >= 0.3 is 6.18 Å². The quantitative estimate of drug-likeness (QED) is 0.495. The summed E-state index contributed by atoms with van der Waals surface area (Å²) in [6.07, 6.45) is -2.55. The monoisotopic (exact) mass is 370 g/mol. The molecule has 0 unspecified atom stereocenters. The highest BCUT2D eigenvalue weighted by molar-refractivity contribution is 6.40. The van der Waals surface area contributed by atoms with Gasteiger partial charge in [-0.25, -0.2) is 4.98 Å². The van der Waals surface area contributed by atoms with Crippen LogP contribution in [0.3, 0.4) is 0 Å². The lowest BCUT2D eigenvalue weighted by molar-refractivity contribution is -0.384. The first-order valence-corrected chi connectivity index (χ1v) is 7.30. The molecular weight excluding hydrogens is 357 g/mol. The van der Waals surface area contributed by atoms with Crippen LogP contribution in [0.5, 0.6) is 0 Å². The minimum Gasteiger partial charge on any atom is -0.314 e. The lowest BCUT2D eigenvalue weighted by Crippen LogP contribution is -2.23. The van der Waals surface area contributed by atoms with E-state index in [-0.39, 0.29) is 12.2 Å². The van der Waals surface area contributed by atoms with Crippen LogP contribution in [0, 0.1) is 17.0 Å². The minimum atomic E-state index is -4.89. The maximum atomic E-state index is 13.4. The fourth-order valence-corrected chi connectivity index (χ4v) is 2.24. The smallest absolute Gasteiger partial charge is 0.314 e. The molecule has 1 heterocycles. The second-order valence-corrected chi connectivity index (χ2v) is 5.22. The van der Waals surface area contributed by atoms with E-state index in [1.165, 1.54) is 26.2 Å².